The second kappa shape index (κ2) is 4.08. The molecule has 19 heavy (non-hydrogen) atoms. The van der Waals surface area contributed by atoms with Crippen LogP contribution in [0.25, 0.3) is 0 Å². The number of fused-ring (bicyclic) bond motifs is 1. The molecule has 3 rings (SSSR count). The molecule has 0 aliphatic carbocycles. The summed E-state index contributed by atoms with van der Waals surface area (Å²) in [6, 6.07) is -6.99. The van der Waals surface area contributed by atoms with Gasteiger partial charge in [-0.1, -0.05) is 6.04 Å². The van der Waals surface area contributed by atoms with Crippen LogP contribution in [0, 0.1) is 0 Å². The van der Waals surface area contributed by atoms with Crippen LogP contribution >= 0.6 is 0 Å². The lowest BCUT2D eigenvalue weighted by Gasteiger charge is -2.29. The number of nitrogen functional groups attached to an aromatic ring is 1. The third-order valence-corrected chi connectivity index (χ3v) is 2.41. The Morgan fingerprint density at radius 3 is 3.21 bits per heavy atom. The summed E-state index contributed by atoms with van der Waals surface area (Å²) in [5.74, 6) is -5.85. The van der Waals surface area contributed by atoms with Gasteiger partial charge in [-0.05, 0) is 18.5 Å². The Hall–Kier alpha value is -2.37. The Bertz CT molecular complexity index is 1090. The highest BCUT2D eigenvalue weighted by Gasteiger charge is 2.39. The van der Waals surface area contributed by atoms with Crippen molar-refractivity contribution in [2.75, 3.05) is 5.72 Å². The molecule has 2 heterocycles. The minimum absolute atomic E-state index is 0.333. The van der Waals surface area contributed by atoms with Crippen molar-refractivity contribution in [3.63, 3.8) is 0 Å². The minimum atomic E-state index is -3.92. The Labute approximate surface area is 128 Å². The number of amides is 3. The Balaban J connectivity index is 2.43. The van der Waals surface area contributed by atoms with Gasteiger partial charge in [0.05, 0.1) is 8.22 Å². The van der Waals surface area contributed by atoms with Gasteiger partial charge in [0.15, 0.2) is 4.24 Å². The summed E-state index contributed by atoms with van der Waals surface area (Å²) in [7, 11) is 0. The number of nitrogens with one attached hydrogen (secondary N) is 1. The van der Waals surface area contributed by atoms with E-state index in [0.717, 1.165) is 0 Å². The first kappa shape index (κ1) is 4.06. The predicted octanol–water partition coefficient (Wildman–Crippen LogP) is 0.0298. The summed E-state index contributed by atoms with van der Waals surface area (Å²) in [4.78, 5) is 37.5. The summed E-state index contributed by atoms with van der Waals surface area (Å²) in [5, 5.41) is -0.698. The molecule has 1 atom stereocenters. The average Bonchev–Trinajstić information content (AvgIpc) is 2.88. The normalized spacial score (nSPS) is 44.4. The molecule has 6 nitrogen and oxygen atoms in total. The van der Waals surface area contributed by atoms with Crippen LogP contribution in [-0.2, 0) is 16.1 Å². The molecule has 2 aliphatic heterocycles. The largest absolute Gasteiger partial charge is 0.398 e. The molecule has 0 saturated carbocycles. The van der Waals surface area contributed by atoms with Gasteiger partial charge >= 0.3 is 0 Å². The van der Waals surface area contributed by atoms with E-state index < -0.39 is 88.1 Å². The number of hydrogen-bond acceptors (Lipinski definition) is 4. The second-order valence-electron chi connectivity index (χ2n) is 3.55. The Kier molecular flexibility index (Phi) is 0.872. The van der Waals surface area contributed by atoms with Crippen LogP contribution in [0.5, 0.6) is 0 Å². The van der Waals surface area contributed by atoms with Gasteiger partial charge in [-0.3, -0.25) is 19.7 Å². The van der Waals surface area contributed by atoms with Crippen LogP contribution in [0.2, 0.25) is 4.24 Å². The van der Waals surface area contributed by atoms with Crippen molar-refractivity contribution in [2.24, 2.45) is 0 Å². The number of nitrogens with two attached hydrogens (primary N) is 1. The van der Waals surface area contributed by atoms with Gasteiger partial charge in [-0.2, -0.15) is 0 Å². The van der Waals surface area contributed by atoms with Crippen LogP contribution in [0.4, 0.5) is 5.69 Å². The van der Waals surface area contributed by atoms with Gasteiger partial charge in [0, 0.05) is 35.2 Å². The van der Waals surface area contributed by atoms with Gasteiger partial charge in [0.25, 0.3) is 5.91 Å². The molecule has 0 bridgehead atoms. The highest BCUT2D eigenvalue weighted by molar-refractivity contribution is 6.06. The Morgan fingerprint density at radius 2 is 2.42 bits per heavy atom. The number of imide groups is 1. The van der Waals surface area contributed by atoms with Gasteiger partial charge < -0.3 is 10.6 Å². The van der Waals surface area contributed by atoms with E-state index in [9.17, 15) is 14.4 Å². The highest BCUT2D eigenvalue weighted by Crippen LogP contribution is 2.30. The van der Waals surface area contributed by atoms with E-state index in [4.69, 9.17) is 17.9 Å². The van der Waals surface area contributed by atoms with Crippen molar-refractivity contribution >= 4 is 23.4 Å². The van der Waals surface area contributed by atoms with Crippen LogP contribution in [0.1, 0.15) is 42.4 Å². The zero-order chi connectivity index (χ0) is 24.9. The molecular formula is C13H13N3O3. The zero-order valence-corrected chi connectivity index (χ0v) is 9.07. The summed E-state index contributed by atoms with van der Waals surface area (Å²) in [6.07, 6.45) is -7.67. The molecule has 1 aromatic carbocycles. The summed E-state index contributed by atoms with van der Waals surface area (Å²) in [6.45, 7) is -3.50. The van der Waals surface area contributed by atoms with Crippen molar-refractivity contribution < 1.29 is 32.3 Å². The summed E-state index contributed by atoms with van der Waals surface area (Å²) in [5.41, 5.74) is -3.43. The third-order valence-electron chi connectivity index (χ3n) is 2.41. The number of rotatable bonds is 2. The smallest absolute Gasteiger partial charge is 0.255 e. The third kappa shape index (κ3) is 1.76. The van der Waals surface area contributed by atoms with E-state index in [1.54, 1.807) is 0 Å². The number of carbonyl (C=O) groups excluding carboxylic acids is 3. The number of piperidine rings is 1. The SMILES string of the molecule is [2H]c1c([2H])c2c(c(N([2H])[2H])c1[2H])C([2H])([2H])N(C1([2H])C(=O)N([2H])C(=O)C([2H])([2H])C1([2H])[2H])C2=O. The molecule has 1 unspecified atom stereocenters. The first-order valence-electron chi connectivity index (χ1n) is 11.3. The van der Waals surface area contributed by atoms with Gasteiger partial charge in [-0.25, -0.2) is 0 Å². The van der Waals surface area contributed by atoms with Gasteiger partial charge in [0.1, 0.15) is 6.02 Å². The maximum Gasteiger partial charge on any atom is 0.255 e. The van der Waals surface area contributed by atoms with E-state index >= 15 is 0 Å². The lowest BCUT2D eigenvalue weighted by molar-refractivity contribution is -0.136. The van der Waals surface area contributed by atoms with E-state index in [1.165, 1.54) is 0 Å². The summed E-state index contributed by atoms with van der Waals surface area (Å²) < 4.78 is 103. The van der Waals surface area contributed by atoms with Crippen LogP contribution < -0.4 is 11.0 Å². The van der Waals surface area contributed by atoms with E-state index in [1.807, 2.05) is 0 Å². The van der Waals surface area contributed by atoms with Crippen molar-refractivity contribution in [1.82, 2.24) is 10.2 Å². The molecule has 3 N–H and O–H groups in total. The fourth-order valence-corrected chi connectivity index (χ4v) is 1.59. The number of anilines is 1. The minimum Gasteiger partial charge on any atom is -0.398 e. The fraction of sp³-hybridized carbons (Fsp3) is 0.308. The molecule has 98 valence electrons. The molecule has 1 saturated heterocycles. The average molecular weight is 272 g/mol. The maximum absolute atomic E-state index is 13.2. The van der Waals surface area contributed by atoms with E-state index in [2.05, 4.69) is 0 Å². The lowest BCUT2D eigenvalue weighted by Crippen LogP contribution is -2.52. The lowest BCUT2D eigenvalue weighted by atomic mass is 10.0. The predicted molar refractivity (Wildman–Crippen MR) is 66.9 cm³/mol. The fourth-order valence-electron chi connectivity index (χ4n) is 1.59. The van der Waals surface area contributed by atoms with Crippen LogP contribution in [0.15, 0.2) is 18.1 Å². The van der Waals surface area contributed by atoms with Crippen LogP contribution in [-0.4, -0.2) is 28.6 Å². The van der Waals surface area contributed by atoms with Crippen molar-refractivity contribution in [1.29, 1.82) is 0 Å². The molecule has 3 amide bonds. The monoisotopic (exact) mass is 272 g/mol. The van der Waals surface area contributed by atoms with E-state index in [0.29, 0.717) is 0 Å². The van der Waals surface area contributed by atoms with Crippen molar-refractivity contribution in [3.05, 3.63) is 29.3 Å². The maximum atomic E-state index is 13.2. The zero-order valence-electron chi connectivity index (χ0n) is 22.1. The number of carbonyl (C=O) groups is 3. The van der Waals surface area contributed by atoms with Gasteiger partial charge in [0.2, 0.25) is 11.8 Å². The molecule has 6 heteroatoms. The molecule has 0 aromatic heterocycles. The molecule has 0 spiro atoms. The number of hydrogen-bond donors (Lipinski definition) is 2. The van der Waals surface area contributed by atoms with E-state index in [-0.39, 0.29) is 5.72 Å². The van der Waals surface area contributed by atoms with Crippen molar-refractivity contribution in [2.45, 2.75) is 25.3 Å². The molecule has 1 aromatic rings. The molecular weight excluding hydrogens is 246 g/mol. The standard InChI is InChI=1S/C13H13N3O3/c14-9-3-1-2-7-8(9)6-16(13(7)19)10-4-5-11(17)15-12(10)18/h1-3,10H,4-6,14H2,(H,15,17,18)/i1D,2D,3D,4D2,5D2,6D2,10D/hD3. The van der Waals surface area contributed by atoms with Gasteiger partial charge in [-0.15, -0.1) is 0 Å². The number of benzene rings is 1. The molecule has 0 radical (unpaired) electrons. The first-order valence-corrected chi connectivity index (χ1v) is 4.95. The first-order chi connectivity index (χ1) is 14.3. The van der Waals surface area contributed by atoms with Crippen LogP contribution in [0.3, 0.4) is 0 Å². The number of nitrogens with zero attached hydrogens (tertiary/aromatic N) is 1. The molecule has 1 fully saturated rings. The topological polar surface area (TPSA) is 92.5 Å². The van der Waals surface area contributed by atoms with Crippen molar-refractivity contribution in [3.8, 4) is 0 Å². The quantitative estimate of drug-likeness (QED) is 0.587. The Morgan fingerprint density at radius 1 is 1.58 bits per heavy atom. The second-order valence-corrected chi connectivity index (χ2v) is 3.55. The summed E-state index contributed by atoms with van der Waals surface area (Å²) >= 11 is 0. The molecule has 2 aliphatic rings. The highest BCUT2D eigenvalue weighted by atomic mass is 16.2.